The monoisotopic (exact) mass is 499 g/mol. The van der Waals surface area contributed by atoms with Crippen LogP contribution < -0.4 is 15.8 Å². The van der Waals surface area contributed by atoms with Crippen molar-refractivity contribution in [3.8, 4) is 17.0 Å². The van der Waals surface area contributed by atoms with Gasteiger partial charge in [0.2, 0.25) is 5.91 Å². The second-order valence-corrected chi connectivity index (χ2v) is 9.57. The fourth-order valence-electron chi connectivity index (χ4n) is 5.10. The quantitative estimate of drug-likeness (QED) is 0.295. The second kappa shape index (κ2) is 11.4. The number of nitrogens with two attached hydrogens (primary N) is 1. The summed E-state index contributed by atoms with van der Waals surface area (Å²) in [6.45, 7) is 1.09. The van der Waals surface area contributed by atoms with Gasteiger partial charge in [-0.05, 0) is 49.8 Å². The van der Waals surface area contributed by atoms with Gasteiger partial charge in [-0.3, -0.25) is 9.20 Å². The number of nitrogen functional groups attached to an aromatic ring is 1. The molecule has 8 heteroatoms. The van der Waals surface area contributed by atoms with Gasteiger partial charge in [-0.2, -0.15) is 0 Å². The molecule has 0 unspecified atom stereocenters. The van der Waals surface area contributed by atoms with Crippen LogP contribution in [0.4, 0.5) is 5.82 Å². The van der Waals surface area contributed by atoms with E-state index in [1.165, 1.54) is 0 Å². The number of fused-ring (bicyclic) bond motifs is 1. The number of hydrogen-bond donors (Lipinski definition) is 3. The lowest BCUT2D eigenvalue weighted by Crippen LogP contribution is -2.34. The Hall–Kier alpha value is -3.91. The molecule has 5 rings (SSSR count). The van der Waals surface area contributed by atoms with Gasteiger partial charge in [0.15, 0.2) is 0 Å². The lowest BCUT2D eigenvalue weighted by Gasteiger charge is -2.27. The number of aromatic nitrogens is 3. The van der Waals surface area contributed by atoms with E-state index in [-0.39, 0.29) is 24.3 Å². The maximum atomic E-state index is 12.5. The number of anilines is 1. The minimum Gasteiger partial charge on any atom is -0.489 e. The number of hydrogen-bond acceptors (Lipinski definition) is 6. The summed E-state index contributed by atoms with van der Waals surface area (Å²) in [4.78, 5) is 21.9. The van der Waals surface area contributed by atoms with Crippen LogP contribution in [-0.2, 0) is 11.4 Å². The second-order valence-electron chi connectivity index (χ2n) is 9.57. The SMILES string of the molecule is Nc1nccn2c(C3CCC(C(=O)NCCCO)CC3)nc(-c3cccc(OCc4ccccc4)c3)c12. The zero-order chi connectivity index (χ0) is 25.6. The number of aliphatic hydroxyl groups excluding tert-OH is 1. The molecule has 192 valence electrons. The largest absolute Gasteiger partial charge is 0.489 e. The van der Waals surface area contributed by atoms with E-state index in [2.05, 4.69) is 14.7 Å². The highest BCUT2D eigenvalue weighted by Gasteiger charge is 2.30. The number of carbonyl (C=O) groups is 1. The third kappa shape index (κ3) is 5.59. The standard InChI is InChI=1S/C29H33N5O3/c30-27-26-25(23-8-4-9-24(18-23)37-19-20-6-2-1-3-7-20)33-28(34(26)16-15-31-27)21-10-12-22(13-11-21)29(36)32-14-5-17-35/h1-4,6-9,15-16,18,21-22,35H,5,10-14,17,19H2,(H2,30,31)(H,32,36). The van der Waals surface area contributed by atoms with Crippen LogP contribution in [0.25, 0.3) is 16.8 Å². The molecule has 8 nitrogen and oxygen atoms in total. The van der Waals surface area contributed by atoms with E-state index in [1.54, 1.807) is 6.20 Å². The summed E-state index contributed by atoms with van der Waals surface area (Å²) in [6.07, 6.45) is 7.57. The van der Waals surface area contributed by atoms with Crippen LogP contribution in [0, 0.1) is 5.92 Å². The predicted molar refractivity (Wildman–Crippen MR) is 143 cm³/mol. The molecule has 0 saturated heterocycles. The van der Waals surface area contributed by atoms with Gasteiger partial charge in [-0.15, -0.1) is 0 Å². The maximum Gasteiger partial charge on any atom is 0.223 e. The number of carbonyl (C=O) groups excluding carboxylic acids is 1. The average molecular weight is 500 g/mol. The van der Waals surface area contributed by atoms with Crippen molar-refractivity contribution in [2.75, 3.05) is 18.9 Å². The lowest BCUT2D eigenvalue weighted by molar-refractivity contribution is -0.126. The Balaban J connectivity index is 1.37. The highest BCUT2D eigenvalue weighted by atomic mass is 16.5. The first-order valence-electron chi connectivity index (χ1n) is 12.9. The van der Waals surface area contributed by atoms with E-state index in [0.717, 1.165) is 59.6 Å². The van der Waals surface area contributed by atoms with E-state index in [1.807, 2.05) is 60.8 Å². The summed E-state index contributed by atoms with van der Waals surface area (Å²) < 4.78 is 8.11. The molecule has 0 aliphatic heterocycles. The minimum absolute atomic E-state index is 0.00539. The van der Waals surface area contributed by atoms with Crippen LogP contribution in [0.3, 0.4) is 0 Å². The van der Waals surface area contributed by atoms with E-state index in [0.29, 0.717) is 25.4 Å². The van der Waals surface area contributed by atoms with Crippen LogP contribution >= 0.6 is 0 Å². The third-order valence-electron chi connectivity index (χ3n) is 7.06. The van der Waals surface area contributed by atoms with Crippen molar-refractivity contribution in [3.63, 3.8) is 0 Å². The fourth-order valence-corrected chi connectivity index (χ4v) is 5.10. The van der Waals surface area contributed by atoms with Crippen LogP contribution in [0.1, 0.15) is 49.4 Å². The van der Waals surface area contributed by atoms with E-state index < -0.39 is 0 Å². The smallest absolute Gasteiger partial charge is 0.223 e. The Morgan fingerprint density at radius 1 is 1.11 bits per heavy atom. The summed E-state index contributed by atoms with van der Waals surface area (Å²) in [5.41, 5.74) is 9.96. The summed E-state index contributed by atoms with van der Waals surface area (Å²) >= 11 is 0. The van der Waals surface area contributed by atoms with Gasteiger partial charge in [-0.25, -0.2) is 9.97 Å². The summed E-state index contributed by atoms with van der Waals surface area (Å²) in [5, 5.41) is 11.9. The number of imidazole rings is 1. The van der Waals surface area contributed by atoms with Crippen molar-refractivity contribution >= 4 is 17.2 Å². The number of benzene rings is 2. The van der Waals surface area contributed by atoms with Crippen molar-refractivity contribution in [2.24, 2.45) is 5.92 Å². The van der Waals surface area contributed by atoms with Crippen LogP contribution in [-0.4, -0.2) is 38.5 Å². The Labute approximate surface area is 216 Å². The Morgan fingerprint density at radius 3 is 2.70 bits per heavy atom. The Kier molecular flexibility index (Phi) is 7.65. The first-order valence-corrected chi connectivity index (χ1v) is 12.9. The molecule has 1 amide bonds. The number of nitrogens with one attached hydrogen (secondary N) is 1. The molecule has 1 fully saturated rings. The number of amides is 1. The van der Waals surface area contributed by atoms with Gasteiger partial charge in [0.1, 0.15) is 35.2 Å². The molecule has 1 aliphatic rings. The van der Waals surface area contributed by atoms with Gasteiger partial charge < -0.3 is 20.9 Å². The molecule has 4 aromatic rings. The highest BCUT2D eigenvalue weighted by Crippen LogP contribution is 2.39. The predicted octanol–water partition coefficient (Wildman–Crippen LogP) is 4.33. The number of nitrogens with zero attached hydrogens (tertiary/aromatic N) is 3. The molecule has 2 aromatic carbocycles. The Morgan fingerprint density at radius 2 is 1.92 bits per heavy atom. The van der Waals surface area contributed by atoms with Crippen LogP contribution in [0.2, 0.25) is 0 Å². The van der Waals surface area contributed by atoms with Gasteiger partial charge in [0.25, 0.3) is 0 Å². The van der Waals surface area contributed by atoms with E-state index in [4.69, 9.17) is 20.6 Å². The summed E-state index contributed by atoms with van der Waals surface area (Å²) in [6, 6.07) is 18.0. The zero-order valence-corrected chi connectivity index (χ0v) is 20.8. The first kappa shape index (κ1) is 24.8. The molecule has 37 heavy (non-hydrogen) atoms. The van der Waals surface area contributed by atoms with Crippen LogP contribution in [0.15, 0.2) is 67.0 Å². The lowest BCUT2D eigenvalue weighted by atomic mass is 9.81. The van der Waals surface area contributed by atoms with Gasteiger partial charge in [0, 0.05) is 42.9 Å². The molecule has 0 atom stereocenters. The molecular weight excluding hydrogens is 466 g/mol. The normalized spacial score (nSPS) is 17.5. The molecule has 2 aromatic heterocycles. The topological polar surface area (TPSA) is 115 Å². The summed E-state index contributed by atoms with van der Waals surface area (Å²) in [7, 11) is 0. The molecule has 0 spiro atoms. The zero-order valence-electron chi connectivity index (χ0n) is 20.8. The van der Waals surface area contributed by atoms with E-state index >= 15 is 0 Å². The maximum absolute atomic E-state index is 12.5. The van der Waals surface area contributed by atoms with Gasteiger partial charge in [-0.1, -0.05) is 42.5 Å². The minimum atomic E-state index is 0.00539. The van der Waals surface area contributed by atoms with Gasteiger partial charge >= 0.3 is 0 Å². The average Bonchev–Trinajstić information content (AvgIpc) is 3.34. The van der Waals surface area contributed by atoms with Crippen molar-refractivity contribution in [3.05, 3.63) is 78.4 Å². The van der Waals surface area contributed by atoms with E-state index in [9.17, 15) is 4.79 Å². The number of rotatable bonds is 9. The van der Waals surface area contributed by atoms with Crippen LogP contribution in [0.5, 0.6) is 5.75 Å². The fraction of sp³-hybridized carbons (Fsp3) is 0.345. The highest BCUT2D eigenvalue weighted by molar-refractivity contribution is 5.85. The number of aliphatic hydroxyl groups is 1. The van der Waals surface area contributed by atoms with Crippen molar-refractivity contribution in [1.29, 1.82) is 0 Å². The van der Waals surface area contributed by atoms with Gasteiger partial charge in [0.05, 0.1) is 0 Å². The molecular formula is C29H33N5O3. The number of ether oxygens (including phenoxy) is 1. The Bertz CT molecular complexity index is 1350. The van der Waals surface area contributed by atoms with Crippen molar-refractivity contribution in [2.45, 2.75) is 44.6 Å². The first-order chi connectivity index (χ1) is 18.1. The molecule has 0 bridgehead atoms. The molecule has 1 saturated carbocycles. The molecule has 1 aliphatic carbocycles. The van der Waals surface area contributed by atoms with Crippen molar-refractivity contribution < 1.29 is 14.6 Å². The third-order valence-corrected chi connectivity index (χ3v) is 7.06. The summed E-state index contributed by atoms with van der Waals surface area (Å²) in [5.74, 6) is 2.46. The molecule has 4 N–H and O–H groups in total. The van der Waals surface area contributed by atoms with Crippen molar-refractivity contribution in [1.82, 2.24) is 19.7 Å². The molecule has 2 heterocycles. The molecule has 0 radical (unpaired) electrons.